The van der Waals surface area contributed by atoms with Crippen molar-refractivity contribution in [3.63, 3.8) is 0 Å². The number of rotatable bonds is 7. The SMILES string of the molecule is O=S(=O)(O)CCCCSOS(=O)(=O)C(F)(F)F. The zero-order chi connectivity index (χ0) is 13.7. The van der Waals surface area contributed by atoms with Gasteiger partial charge in [-0.2, -0.15) is 33.6 Å². The average molecular weight is 318 g/mol. The molecule has 0 aliphatic heterocycles. The molecule has 0 aromatic heterocycles. The van der Waals surface area contributed by atoms with E-state index >= 15 is 0 Å². The van der Waals surface area contributed by atoms with Gasteiger partial charge in [0.15, 0.2) is 0 Å². The molecule has 0 radical (unpaired) electrons. The van der Waals surface area contributed by atoms with Crippen molar-refractivity contribution >= 4 is 32.3 Å². The Balaban J connectivity index is 3.81. The van der Waals surface area contributed by atoms with Crippen molar-refractivity contribution in [1.82, 2.24) is 0 Å². The molecule has 0 aromatic carbocycles. The fourth-order valence-corrected chi connectivity index (χ4v) is 2.56. The van der Waals surface area contributed by atoms with Gasteiger partial charge in [0.2, 0.25) is 0 Å². The Labute approximate surface area is 101 Å². The van der Waals surface area contributed by atoms with E-state index in [1.165, 1.54) is 0 Å². The molecule has 0 amide bonds. The van der Waals surface area contributed by atoms with Crippen LogP contribution in [-0.2, 0) is 23.9 Å². The van der Waals surface area contributed by atoms with Crippen LogP contribution in [-0.4, -0.2) is 38.4 Å². The second-order valence-electron chi connectivity index (χ2n) is 2.78. The first-order valence-corrected chi connectivity index (χ1v) is 7.96. The third-order valence-corrected chi connectivity index (χ3v) is 4.23. The molecule has 0 heterocycles. The fourth-order valence-electron chi connectivity index (χ4n) is 0.581. The van der Waals surface area contributed by atoms with Gasteiger partial charge in [-0.3, -0.25) is 4.55 Å². The second-order valence-corrected chi connectivity index (χ2v) is 6.91. The molecule has 0 atom stereocenters. The Bertz CT molecular complexity index is 424. The molecule has 0 spiro atoms. The van der Waals surface area contributed by atoms with Crippen LogP contribution in [0, 0.1) is 0 Å². The monoisotopic (exact) mass is 318 g/mol. The highest BCUT2D eigenvalue weighted by atomic mass is 32.3. The Morgan fingerprint density at radius 3 is 2.06 bits per heavy atom. The van der Waals surface area contributed by atoms with Crippen molar-refractivity contribution in [2.45, 2.75) is 18.3 Å². The van der Waals surface area contributed by atoms with E-state index in [0.29, 0.717) is 0 Å². The molecular formula is C5H9F3O6S3. The highest BCUT2D eigenvalue weighted by Crippen LogP contribution is 2.28. The largest absolute Gasteiger partial charge is 0.524 e. The quantitative estimate of drug-likeness (QED) is 0.325. The summed E-state index contributed by atoms with van der Waals surface area (Å²) in [6, 6.07) is 0. The summed E-state index contributed by atoms with van der Waals surface area (Å²) in [4.78, 5) is 0. The van der Waals surface area contributed by atoms with Gasteiger partial charge in [-0.05, 0) is 12.8 Å². The highest BCUT2D eigenvalue weighted by molar-refractivity contribution is 8.04. The first-order valence-electron chi connectivity index (χ1n) is 4.03. The van der Waals surface area contributed by atoms with E-state index in [1.807, 2.05) is 0 Å². The van der Waals surface area contributed by atoms with E-state index in [2.05, 4.69) is 3.63 Å². The molecule has 104 valence electrons. The molecule has 1 N–H and O–H groups in total. The second kappa shape index (κ2) is 6.22. The van der Waals surface area contributed by atoms with Crippen molar-refractivity contribution < 1.29 is 38.2 Å². The van der Waals surface area contributed by atoms with Gasteiger partial charge < -0.3 is 0 Å². The van der Waals surface area contributed by atoms with E-state index < -0.39 is 31.5 Å². The van der Waals surface area contributed by atoms with Gasteiger partial charge in [-0.1, -0.05) is 0 Å². The third-order valence-electron chi connectivity index (χ3n) is 1.30. The summed E-state index contributed by atoms with van der Waals surface area (Å²) in [6.45, 7) is 0. The van der Waals surface area contributed by atoms with E-state index in [-0.39, 0.29) is 30.6 Å². The number of hydrogen-bond acceptors (Lipinski definition) is 6. The van der Waals surface area contributed by atoms with Crippen LogP contribution in [0.4, 0.5) is 13.2 Å². The molecule has 0 aliphatic carbocycles. The van der Waals surface area contributed by atoms with Crippen LogP contribution in [0.25, 0.3) is 0 Å². The molecule has 12 heteroatoms. The molecule has 0 saturated carbocycles. The predicted molar refractivity (Wildman–Crippen MR) is 54.2 cm³/mol. The van der Waals surface area contributed by atoms with Crippen LogP contribution in [0.15, 0.2) is 0 Å². The molecule has 0 aliphatic rings. The van der Waals surface area contributed by atoms with E-state index in [4.69, 9.17) is 4.55 Å². The van der Waals surface area contributed by atoms with Gasteiger partial charge in [0, 0.05) is 17.8 Å². The lowest BCUT2D eigenvalue weighted by atomic mass is 10.4. The van der Waals surface area contributed by atoms with Crippen molar-refractivity contribution in [3.05, 3.63) is 0 Å². The van der Waals surface area contributed by atoms with Gasteiger partial charge in [0.05, 0.1) is 5.75 Å². The summed E-state index contributed by atoms with van der Waals surface area (Å²) in [5.41, 5.74) is -5.48. The molecule has 0 fully saturated rings. The Hall–Kier alpha value is -0.0400. The van der Waals surface area contributed by atoms with Crippen LogP contribution < -0.4 is 0 Å². The van der Waals surface area contributed by atoms with Gasteiger partial charge in [0.1, 0.15) is 0 Å². The minimum atomic E-state index is -5.62. The molecule has 0 aromatic rings. The predicted octanol–water partition coefficient (Wildman–Crippen LogP) is 1.17. The lowest BCUT2D eigenvalue weighted by Crippen LogP contribution is -2.23. The summed E-state index contributed by atoms with van der Waals surface area (Å²) < 4.78 is 88.2. The van der Waals surface area contributed by atoms with Crippen LogP contribution >= 0.6 is 12.0 Å². The number of alkyl halides is 3. The topological polar surface area (TPSA) is 97.7 Å². The van der Waals surface area contributed by atoms with Crippen LogP contribution in [0.2, 0.25) is 0 Å². The van der Waals surface area contributed by atoms with Crippen LogP contribution in [0.1, 0.15) is 12.8 Å². The molecule has 0 unspecified atom stereocenters. The molecular weight excluding hydrogens is 309 g/mol. The van der Waals surface area contributed by atoms with Gasteiger partial charge in [-0.15, -0.1) is 0 Å². The molecule has 0 rings (SSSR count). The maximum Gasteiger partial charge on any atom is 0.524 e. The van der Waals surface area contributed by atoms with Crippen LogP contribution in [0.5, 0.6) is 0 Å². The smallest absolute Gasteiger partial charge is 0.286 e. The lowest BCUT2D eigenvalue weighted by Gasteiger charge is -2.06. The van der Waals surface area contributed by atoms with E-state index in [0.717, 1.165) is 0 Å². The van der Waals surface area contributed by atoms with Crippen molar-refractivity contribution in [2.75, 3.05) is 11.5 Å². The zero-order valence-electron chi connectivity index (χ0n) is 8.18. The van der Waals surface area contributed by atoms with Crippen molar-refractivity contribution in [3.8, 4) is 0 Å². The number of hydrogen-bond donors (Lipinski definition) is 1. The number of halogens is 3. The van der Waals surface area contributed by atoms with Gasteiger partial charge in [-0.25, -0.2) is 0 Å². The Kier molecular flexibility index (Phi) is 6.21. The molecule has 6 nitrogen and oxygen atoms in total. The van der Waals surface area contributed by atoms with Crippen molar-refractivity contribution in [1.29, 1.82) is 0 Å². The Morgan fingerprint density at radius 1 is 1.12 bits per heavy atom. The van der Waals surface area contributed by atoms with E-state index in [9.17, 15) is 30.0 Å². The summed E-state index contributed by atoms with van der Waals surface area (Å²) in [6.07, 6.45) is 0.0685. The normalized spacial score (nSPS) is 13.9. The minimum Gasteiger partial charge on any atom is -0.286 e. The summed E-state index contributed by atoms with van der Waals surface area (Å²) in [5, 5.41) is 0. The lowest BCUT2D eigenvalue weighted by molar-refractivity contribution is -0.0494. The first kappa shape index (κ1) is 17.0. The summed E-state index contributed by atoms with van der Waals surface area (Å²) in [5.74, 6) is -0.690. The van der Waals surface area contributed by atoms with Crippen molar-refractivity contribution in [2.24, 2.45) is 0 Å². The van der Waals surface area contributed by atoms with Crippen LogP contribution in [0.3, 0.4) is 0 Å². The van der Waals surface area contributed by atoms with E-state index in [1.54, 1.807) is 0 Å². The highest BCUT2D eigenvalue weighted by Gasteiger charge is 2.47. The van der Waals surface area contributed by atoms with Gasteiger partial charge >= 0.3 is 15.6 Å². The average Bonchev–Trinajstić information content (AvgIpc) is 2.07. The standard InChI is InChI=1S/C5H9F3O6S3/c6-5(7,8)17(12,13)14-15-3-1-2-4-16(9,10)11/h1-4H2,(H,9,10,11). The number of unbranched alkanes of at least 4 members (excludes halogenated alkanes) is 1. The summed E-state index contributed by atoms with van der Waals surface area (Å²) >= 11 is 0.0532. The summed E-state index contributed by atoms with van der Waals surface area (Å²) in [7, 11) is -9.73. The fraction of sp³-hybridized carbons (Fsp3) is 1.00. The third kappa shape index (κ3) is 7.81. The maximum atomic E-state index is 11.7. The maximum absolute atomic E-state index is 11.7. The van der Waals surface area contributed by atoms with Gasteiger partial charge in [0.25, 0.3) is 10.1 Å². The molecule has 0 saturated heterocycles. The zero-order valence-corrected chi connectivity index (χ0v) is 10.6. The Morgan fingerprint density at radius 2 is 1.65 bits per heavy atom. The minimum absolute atomic E-state index is 0.0126. The first-order chi connectivity index (χ1) is 7.46. The molecule has 17 heavy (non-hydrogen) atoms. The molecule has 0 bridgehead atoms.